The molecule has 0 fully saturated rings. The Bertz CT molecular complexity index is 1090. The first kappa shape index (κ1) is 22.3. The summed E-state index contributed by atoms with van der Waals surface area (Å²) in [7, 11) is -2.00. The Labute approximate surface area is 181 Å². The minimum Gasteiger partial charge on any atom is -0.475 e. The molecule has 162 valence electrons. The summed E-state index contributed by atoms with van der Waals surface area (Å²) >= 11 is 0. The zero-order valence-electron chi connectivity index (χ0n) is 16.9. The lowest BCUT2D eigenvalue weighted by molar-refractivity contribution is 0.143. The number of carbonyl (C=O) groups excluding carboxylic acids is 1. The maximum absolute atomic E-state index is 12.6. The standard InChI is InChI=1S/C22H23N3O5S/c1-29-13-14-30-21-12-7-17(15-23-21)16-24-22(26)25-18-8-10-20(11-9-18)31(27,28)19-5-3-2-4-6-19/h2-12,15H,13-14,16H2,1H3,(H2,24,25,26). The number of amides is 2. The number of nitrogens with one attached hydrogen (secondary N) is 2. The topological polar surface area (TPSA) is 107 Å². The van der Waals surface area contributed by atoms with E-state index in [1.165, 1.54) is 12.1 Å². The zero-order chi connectivity index (χ0) is 22.1. The number of ether oxygens (including phenoxy) is 2. The lowest BCUT2D eigenvalue weighted by atomic mass is 10.3. The Morgan fingerprint density at radius 1 is 0.935 bits per heavy atom. The largest absolute Gasteiger partial charge is 0.475 e. The Kier molecular flexibility index (Phi) is 7.58. The second-order valence-electron chi connectivity index (χ2n) is 6.49. The Hall–Kier alpha value is -3.43. The number of pyridine rings is 1. The number of carbonyl (C=O) groups is 1. The van der Waals surface area contributed by atoms with Gasteiger partial charge in [0, 0.05) is 31.6 Å². The van der Waals surface area contributed by atoms with E-state index in [9.17, 15) is 13.2 Å². The van der Waals surface area contributed by atoms with E-state index in [-0.39, 0.29) is 16.3 Å². The van der Waals surface area contributed by atoms with Gasteiger partial charge in [0.05, 0.1) is 16.4 Å². The fourth-order valence-electron chi connectivity index (χ4n) is 2.64. The number of hydrogen-bond donors (Lipinski definition) is 2. The van der Waals surface area contributed by atoms with Gasteiger partial charge >= 0.3 is 6.03 Å². The van der Waals surface area contributed by atoms with Gasteiger partial charge in [0.25, 0.3) is 0 Å². The van der Waals surface area contributed by atoms with Crippen molar-refractivity contribution in [1.29, 1.82) is 0 Å². The molecule has 3 rings (SSSR count). The van der Waals surface area contributed by atoms with Crippen molar-refractivity contribution in [2.24, 2.45) is 0 Å². The third-order valence-corrected chi connectivity index (χ3v) is 6.05. The molecule has 0 aliphatic heterocycles. The Balaban J connectivity index is 1.52. The van der Waals surface area contributed by atoms with E-state index in [2.05, 4.69) is 15.6 Å². The molecule has 31 heavy (non-hydrogen) atoms. The van der Waals surface area contributed by atoms with Gasteiger partial charge in [-0.25, -0.2) is 18.2 Å². The van der Waals surface area contributed by atoms with Crippen LogP contribution in [0.2, 0.25) is 0 Å². The van der Waals surface area contributed by atoms with Crippen LogP contribution in [0, 0.1) is 0 Å². The number of nitrogens with zero attached hydrogens (tertiary/aromatic N) is 1. The van der Waals surface area contributed by atoms with Crippen LogP contribution in [0.15, 0.2) is 82.7 Å². The van der Waals surface area contributed by atoms with E-state index in [1.54, 1.807) is 67.9 Å². The molecule has 0 radical (unpaired) electrons. The number of urea groups is 1. The molecular formula is C22H23N3O5S. The highest BCUT2D eigenvalue weighted by molar-refractivity contribution is 7.91. The predicted octanol–water partition coefficient (Wildman–Crippen LogP) is 3.26. The van der Waals surface area contributed by atoms with Crippen molar-refractivity contribution in [1.82, 2.24) is 10.3 Å². The predicted molar refractivity (Wildman–Crippen MR) is 116 cm³/mol. The minimum absolute atomic E-state index is 0.156. The molecule has 0 aliphatic rings. The van der Waals surface area contributed by atoms with Crippen LogP contribution in [0.1, 0.15) is 5.56 Å². The van der Waals surface area contributed by atoms with Gasteiger partial charge in [0.1, 0.15) is 6.61 Å². The average molecular weight is 442 g/mol. The minimum atomic E-state index is -3.59. The van der Waals surface area contributed by atoms with Crippen LogP contribution in [0.4, 0.5) is 10.5 Å². The molecule has 1 aromatic heterocycles. The van der Waals surface area contributed by atoms with Crippen molar-refractivity contribution in [3.05, 3.63) is 78.5 Å². The fraction of sp³-hybridized carbons (Fsp3) is 0.182. The van der Waals surface area contributed by atoms with Gasteiger partial charge in [0.2, 0.25) is 15.7 Å². The normalized spacial score (nSPS) is 11.0. The summed E-state index contributed by atoms with van der Waals surface area (Å²) in [5.74, 6) is 0.482. The Morgan fingerprint density at radius 2 is 1.65 bits per heavy atom. The number of rotatable bonds is 9. The van der Waals surface area contributed by atoms with Crippen LogP contribution in [-0.4, -0.2) is 39.8 Å². The maximum atomic E-state index is 12.6. The quantitative estimate of drug-likeness (QED) is 0.494. The first-order valence-electron chi connectivity index (χ1n) is 9.51. The molecule has 3 aromatic rings. The highest BCUT2D eigenvalue weighted by Crippen LogP contribution is 2.22. The molecule has 0 aliphatic carbocycles. The van der Waals surface area contributed by atoms with Gasteiger partial charge in [0.15, 0.2) is 0 Å². The third-order valence-electron chi connectivity index (χ3n) is 4.26. The Morgan fingerprint density at radius 3 is 2.29 bits per heavy atom. The molecule has 2 aromatic carbocycles. The SMILES string of the molecule is COCCOc1ccc(CNC(=O)Nc2ccc(S(=O)(=O)c3ccccc3)cc2)cn1. The van der Waals surface area contributed by atoms with Crippen LogP contribution < -0.4 is 15.4 Å². The molecule has 0 saturated carbocycles. The van der Waals surface area contributed by atoms with Gasteiger partial charge in [-0.3, -0.25) is 0 Å². The van der Waals surface area contributed by atoms with Crippen molar-refractivity contribution in [3.8, 4) is 5.88 Å². The molecule has 0 spiro atoms. The van der Waals surface area contributed by atoms with Gasteiger partial charge in [-0.1, -0.05) is 24.3 Å². The molecule has 2 N–H and O–H groups in total. The van der Waals surface area contributed by atoms with Gasteiger partial charge < -0.3 is 20.1 Å². The number of sulfone groups is 1. The highest BCUT2D eigenvalue weighted by Gasteiger charge is 2.17. The molecule has 0 atom stereocenters. The van der Waals surface area contributed by atoms with E-state index >= 15 is 0 Å². The van der Waals surface area contributed by atoms with Gasteiger partial charge in [-0.2, -0.15) is 0 Å². The first-order chi connectivity index (χ1) is 15.0. The molecule has 1 heterocycles. The number of methoxy groups -OCH3 is 1. The lowest BCUT2D eigenvalue weighted by Crippen LogP contribution is -2.28. The van der Waals surface area contributed by atoms with Crippen molar-refractivity contribution in [2.75, 3.05) is 25.6 Å². The summed E-state index contributed by atoms with van der Waals surface area (Å²) < 4.78 is 35.5. The van der Waals surface area contributed by atoms with Crippen molar-refractivity contribution < 1.29 is 22.7 Å². The van der Waals surface area contributed by atoms with Crippen LogP contribution in [-0.2, 0) is 21.1 Å². The number of hydrogen-bond acceptors (Lipinski definition) is 6. The number of benzene rings is 2. The molecular weight excluding hydrogens is 418 g/mol. The van der Waals surface area contributed by atoms with Gasteiger partial charge in [-0.15, -0.1) is 0 Å². The summed E-state index contributed by atoms with van der Waals surface area (Å²) in [6.07, 6.45) is 1.62. The average Bonchev–Trinajstić information content (AvgIpc) is 2.80. The maximum Gasteiger partial charge on any atom is 0.319 e. The summed E-state index contributed by atoms with van der Waals surface area (Å²) in [5, 5.41) is 5.39. The van der Waals surface area contributed by atoms with Crippen LogP contribution in [0.25, 0.3) is 0 Å². The van der Waals surface area contributed by atoms with E-state index < -0.39 is 15.9 Å². The smallest absolute Gasteiger partial charge is 0.319 e. The molecule has 9 heteroatoms. The van der Waals surface area contributed by atoms with Crippen LogP contribution in [0.3, 0.4) is 0 Å². The first-order valence-corrected chi connectivity index (χ1v) is 11.0. The second-order valence-corrected chi connectivity index (χ2v) is 8.44. The molecule has 2 amide bonds. The van der Waals surface area contributed by atoms with Gasteiger partial charge in [-0.05, 0) is 42.0 Å². The van der Waals surface area contributed by atoms with Crippen LogP contribution >= 0.6 is 0 Å². The van der Waals surface area contributed by atoms with E-state index in [1.807, 2.05) is 0 Å². The van der Waals surface area contributed by atoms with E-state index in [4.69, 9.17) is 9.47 Å². The molecule has 0 unspecified atom stereocenters. The monoisotopic (exact) mass is 441 g/mol. The summed E-state index contributed by atoms with van der Waals surface area (Å²) in [6.45, 7) is 1.16. The zero-order valence-corrected chi connectivity index (χ0v) is 17.8. The molecule has 0 bridgehead atoms. The molecule has 8 nitrogen and oxygen atoms in total. The molecule has 0 saturated heterocycles. The van der Waals surface area contributed by atoms with Crippen molar-refractivity contribution in [3.63, 3.8) is 0 Å². The number of aromatic nitrogens is 1. The van der Waals surface area contributed by atoms with Crippen molar-refractivity contribution in [2.45, 2.75) is 16.3 Å². The van der Waals surface area contributed by atoms with Crippen LogP contribution in [0.5, 0.6) is 5.88 Å². The summed E-state index contributed by atoms with van der Waals surface area (Å²) in [4.78, 5) is 16.7. The number of anilines is 1. The highest BCUT2D eigenvalue weighted by atomic mass is 32.2. The second kappa shape index (κ2) is 10.6. The third kappa shape index (κ3) is 6.27. The van der Waals surface area contributed by atoms with E-state index in [0.29, 0.717) is 24.8 Å². The fourth-order valence-corrected chi connectivity index (χ4v) is 3.92. The van der Waals surface area contributed by atoms with Crippen molar-refractivity contribution >= 4 is 21.6 Å². The lowest BCUT2D eigenvalue weighted by Gasteiger charge is -2.09. The summed E-state index contributed by atoms with van der Waals surface area (Å²) in [5.41, 5.74) is 1.28. The summed E-state index contributed by atoms with van der Waals surface area (Å²) in [6, 6.07) is 17.3. The van der Waals surface area contributed by atoms with E-state index in [0.717, 1.165) is 5.56 Å².